The van der Waals surface area contributed by atoms with Gasteiger partial charge in [0.1, 0.15) is 11.8 Å². The van der Waals surface area contributed by atoms with Gasteiger partial charge in [-0.1, -0.05) is 42.5 Å². The lowest BCUT2D eigenvalue weighted by Crippen LogP contribution is -2.58. The molecule has 0 saturated carbocycles. The molecule has 31 nitrogen and oxygen atoms in total. The zero-order valence-electron chi connectivity index (χ0n) is 35.4. The fraction of sp³-hybridized carbons (Fsp3) is 0.216. The number of primary amides is 1. The van der Waals surface area contributed by atoms with Crippen molar-refractivity contribution in [3.8, 4) is 5.75 Å². The molecule has 0 radical (unpaired) electrons. The predicted molar refractivity (Wildman–Crippen MR) is 239 cm³/mol. The average Bonchev–Trinajstić information content (AvgIpc) is 3.25. The van der Waals surface area contributed by atoms with E-state index in [-0.39, 0.29) is 22.8 Å². The fourth-order valence-corrected chi connectivity index (χ4v) is 5.61. The third-order valence-electron chi connectivity index (χ3n) is 8.53. The Hall–Kier alpha value is -9.81. The zero-order valence-corrected chi connectivity index (χ0v) is 35.4. The van der Waals surface area contributed by atoms with Crippen molar-refractivity contribution in [2.24, 2.45) is 65.8 Å². The second-order valence-electron chi connectivity index (χ2n) is 13.8. The summed E-state index contributed by atoms with van der Waals surface area (Å²) in [5.74, 6) is -12.4. The van der Waals surface area contributed by atoms with Gasteiger partial charge in [-0.25, -0.2) is 24.8 Å². The van der Waals surface area contributed by atoms with Crippen LogP contribution in [0.4, 0.5) is 11.4 Å². The number of nitrogens with zero attached hydrogens (tertiary/aromatic N) is 6. The van der Waals surface area contributed by atoms with Crippen LogP contribution >= 0.6 is 0 Å². The number of amides is 6. The number of amidine groups is 1. The van der Waals surface area contributed by atoms with Gasteiger partial charge in [0.2, 0.25) is 36.8 Å². The van der Waals surface area contributed by atoms with Gasteiger partial charge in [-0.2, -0.15) is 0 Å². The Bertz CT molecular complexity index is 2500. The number of carbonyl (C=O) groups is 7. The van der Waals surface area contributed by atoms with Crippen LogP contribution < -0.4 is 77.4 Å². The average molecular weight is 950 g/mol. The van der Waals surface area contributed by atoms with Gasteiger partial charge in [-0.15, -0.1) is 0 Å². The molecule has 0 spiro atoms. The lowest BCUT2D eigenvalue weighted by molar-refractivity contribution is -0.384. The number of hydrogen-bond acceptors (Lipinski definition) is 16. The molecule has 6 amide bonds. The number of carbonyl (C=O) groups excluding carboxylic acids is 6. The maximum atomic E-state index is 14.1. The van der Waals surface area contributed by atoms with Crippen LogP contribution in [0.1, 0.15) is 34.5 Å². The maximum Gasteiger partial charge on any atom is 0.338 e. The van der Waals surface area contributed by atoms with Gasteiger partial charge < -0.3 is 92.7 Å². The van der Waals surface area contributed by atoms with E-state index in [2.05, 4.69) is 41.2 Å². The summed E-state index contributed by atoms with van der Waals surface area (Å²) in [5, 5.41) is 53.6. The minimum Gasteiger partial charge on any atom is -0.508 e. The molecule has 3 aromatic carbocycles. The van der Waals surface area contributed by atoms with Crippen LogP contribution in [0.15, 0.2) is 92.8 Å². The molecule has 0 fully saturated rings. The number of nitro benzene ring substituents is 1. The number of non-ortho nitro benzene ring substituents is 1. The number of benzene rings is 3. The largest absolute Gasteiger partial charge is 0.508 e. The number of aromatic carboxylic acids is 1. The highest BCUT2D eigenvalue weighted by molar-refractivity contribution is 6.00. The molecule has 6 atom stereocenters. The summed E-state index contributed by atoms with van der Waals surface area (Å²) in [7, 11) is 0. The maximum absolute atomic E-state index is 14.1. The minimum atomic E-state index is -2.37. The molecule has 0 saturated heterocycles. The summed E-state index contributed by atoms with van der Waals surface area (Å²) in [5.41, 5.74) is 42.1. The highest BCUT2D eigenvalue weighted by Gasteiger charge is 2.35. The number of carboxylic acid groups (broad SMARTS) is 1. The molecule has 68 heavy (non-hydrogen) atoms. The quantitative estimate of drug-likeness (QED) is 0.0146. The number of rotatable bonds is 22. The summed E-state index contributed by atoms with van der Waals surface area (Å²) in [6, 6.07) is 13.1. The zero-order chi connectivity index (χ0) is 51.0. The van der Waals surface area contributed by atoms with Crippen molar-refractivity contribution in [1.82, 2.24) is 26.6 Å². The Labute approximate surface area is 382 Å². The highest BCUT2D eigenvalue weighted by atomic mass is 16.6. The van der Waals surface area contributed by atoms with Crippen LogP contribution in [0.2, 0.25) is 0 Å². The van der Waals surface area contributed by atoms with Crippen molar-refractivity contribution in [1.29, 1.82) is 0 Å². The van der Waals surface area contributed by atoms with Crippen molar-refractivity contribution in [3.05, 3.63) is 99.6 Å². The van der Waals surface area contributed by atoms with Crippen LogP contribution in [-0.4, -0.2) is 116 Å². The number of aromatic hydroxyl groups is 1. The molecular weight excluding hydrogens is 903 g/mol. The van der Waals surface area contributed by atoms with E-state index in [0.29, 0.717) is 11.6 Å². The number of aliphatic hydroxyl groups excluding tert-OH is 1. The second kappa shape index (κ2) is 23.8. The van der Waals surface area contributed by atoms with Gasteiger partial charge in [0.25, 0.3) is 35.2 Å². The van der Waals surface area contributed by atoms with Crippen molar-refractivity contribution >= 4 is 76.5 Å². The molecule has 6 unspecified atom stereocenters. The molecule has 31 heteroatoms. The molecule has 0 aliphatic heterocycles. The molecular formula is C37H47N19O12. The minimum absolute atomic E-state index is 0.0114. The first-order chi connectivity index (χ1) is 31.9. The molecule has 0 heterocycles. The molecule has 24 N–H and O–H groups in total. The summed E-state index contributed by atoms with van der Waals surface area (Å²) in [6.07, 6.45) is -10.6. The monoisotopic (exact) mass is 949 g/mol. The number of hydrogen-bond donors (Lipinski definition) is 16. The third-order valence-corrected chi connectivity index (χ3v) is 8.53. The molecule has 0 aromatic heterocycles. The van der Waals surface area contributed by atoms with E-state index in [1.807, 2.05) is 5.32 Å². The number of aliphatic imine (C=N–C) groups is 4. The first kappa shape index (κ1) is 52.5. The lowest BCUT2D eigenvalue weighted by atomic mass is 10.1. The Kier molecular flexibility index (Phi) is 18.3. The van der Waals surface area contributed by atoms with Gasteiger partial charge in [0.15, 0.2) is 17.9 Å². The van der Waals surface area contributed by atoms with Gasteiger partial charge in [0, 0.05) is 18.7 Å². The number of nitrogens with one attached hydrogen (secondary N) is 5. The van der Waals surface area contributed by atoms with Crippen molar-refractivity contribution in [2.45, 2.75) is 50.4 Å². The summed E-state index contributed by atoms with van der Waals surface area (Å²) < 4.78 is 0. The molecule has 3 rings (SSSR count). The number of nitrogens with two attached hydrogens (primary N) is 8. The van der Waals surface area contributed by atoms with E-state index >= 15 is 0 Å². The normalized spacial score (nSPS) is 13.5. The second-order valence-corrected chi connectivity index (χ2v) is 13.8. The van der Waals surface area contributed by atoms with Gasteiger partial charge in [0.05, 0.1) is 22.0 Å². The number of nitro groups is 1. The van der Waals surface area contributed by atoms with E-state index < -0.39 is 119 Å². The van der Waals surface area contributed by atoms with E-state index in [1.165, 1.54) is 61.5 Å². The number of carboxylic acids is 1. The van der Waals surface area contributed by atoms with Gasteiger partial charge in [-0.3, -0.25) is 38.9 Å². The molecule has 3 aromatic rings. The fourth-order valence-electron chi connectivity index (χ4n) is 5.61. The first-order valence-electron chi connectivity index (χ1n) is 19.0. The SMILES string of the molecule is CC(N)=NC(NC(=O)C(N=C(N)N)NC(=O)C(N=C(N)N)NC(=O)C(NC(=O)C(O)N(Cc1ccc(O)cc1)c1ccc([N+](=O)[O-])cc1C(=O)O)c1ccccc1)C(=O)NC(N=C(N)N)C(N)=O. The van der Waals surface area contributed by atoms with Crippen LogP contribution in [0.25, 0.3) is 0 Å². The van der Waals surface area contributed by atoms with Crippen LogP contribution in [0.5, 0.6) is 5.75 Å². The van der Waals surface area contributed by atoms with E-state index in [4.69, 9.17) is 45.9 Å². The van der Waals surface area contributed by atoms with Crippen molar-refractivity contribution in [2.75, 3.05) is 4.90 Å². The van der Waals surface area contributed by atoms with Crippen molar-refractivity contribution in [3.63, 3.8) is 0 Å². The first-order valence-corrected chi connectivity index (χ1v) is 19.0. The molecule has 362 valence electrons. The highest BCUT2D eigenvalue weighted by Crippen LogP contribution is 2.29. The number of phenolic OH excluding ortho intramolecular Hbond substituents is 1. The van der Waals surface area contributed by atoms with Gasteiger partial charge >= 0.3 is 5.97 Å². The van der Waals surface area contributed by atoms with E-state index in [9.17, 15) is 59.0 Å². The third kappa shape index (κ3) is 15.5. The van der Waals surface area contributed by atoms with Crippen LogP contribution in [0.3, 0.4) is 0 Å². The molecule has 0 aliphatic rings. The molecule has 0 bridgehead atoms. The smallest absolute Gasteiger partial charge is 0.338 e. The topological polar surface area (TPSA) is 544 Å². The number of phenols is 1. The summed E-state index contributed by atoms with van der Waals surface area (Å²) in [4.78, 5) is 119. The number of anilines is 1. The predicted octanol–water partition coefficient (Wildman–Crippen LogP) is -6.37. The standard InChI is InChI=1S/C37H47N19O12/c1-15(38)46-25(29(60)48-24(23(39)58)52-35(40)41)50-31(62)27(54-37(44)45)51-30(61)26(53-36(42)43)49-28(59)22(17-5-3-2-4-6-17)47-32(63)33(64)55(14-16-7-10-19(57)11-8-16)21-12-9-18(56(67)68)13-20(21)34(65)66/h2-13,22,24-27,33,57,64H,14H2,1H3,(H2,38,46)(H2,39,58)(H,47,63)(H,48,60)(H,49,59)(H,50,62)(H,51,61)(H,65,66)(H4,40,41,52)(H4,42,43,53)(H4,44,45,54). The number of aliphatic hydroxyl groups is 1. The Morgan fingerprint density at radius 2 is 1.12 bits per heavy atom. The summed E-state index contributed by atoms with van der Waals surface area (Å²) >= 11 is 0. The van der Waals surface area contributed by atoms with E-state index in [0.717, 1.165) is 17.0 Å². The van der Waals surface area contributed by atoms with E-state index in [1.54, 1.807) is 0 Å². The van der Waals surface area contributed by atoms with Crippen LogP contribution in [0, 0.1) is 10.1 Å². The van der Waals surface area contributed by atoms with Crippen molar-refractivity contribution < 1.29 is 53.8 Å². The Balaban J connectivity index is 2.01. The summed E-state index contributed by atoms with van der Waals surface area (Å²) in [6.45, 7) is 0.752. The lowest BCUT2D eigenvalue weighted by Gasteiger charge is -2.31. The Morgan fingerprint density at radius 3 is 1.57 bits per heavy atom. The van der Waals surface area contributed by atoms with Crippen LogP contribution in [-0.2, 0) is 35.3 Å². The van der Waals surface area contributed by atoms with Gasteiger partial charge in [-0.05, 0) is 36.2 Å². The Morgan fingerprint density at radius 1 is 0.647 bits per heavy atom. The molecule has 0 aliphatic carbocycles. The number of guanidine groups is 3.